The Labute approximate surface area is 74.0 Å². The van der Waals surface area contributed by atoms with Crippen molar-refractivity contribution in [3.05, 3.63) is 28.2 Å². The molecule has 1 nitrogen and oxygen atoms in total. The summed E-state index contributed by atoms with van der Waals surface area (Å²) in [5.74, 6) is 0. The molecule has 0 saturated heterocycles. The van der Waals surface area contributed by atoms with Gasteiger partial charge in [-0.2, -0.15) is 0 Å². The summed E-state index contributed by atoms with van der Waals surface area (Å²) < 4.78 is 0. The first-order valence-corrected chi connectivity index (χ1v) is 3.69. The van der Waals surface area contributed by atoms with Gasteiger partial charge in [0.2, 0.25) is 0 Å². The van der Waals surface area contributed by atoms with E-state index in [0.29, 0.717) is 15.7 Å². The van der Waals surface area contributed by atoms with Crippen LogP contribution in [0.5, 0.6) is 0 Å². The van der Waals surface area contributed by atoms with Gasteiger partial charge >= 0.3 is 0 Å². The molecule has 1 aromatic carbocycles. The second-order valence-electron chi connectivity index (χ2n) is 1.70. The molecular weight excluding hydrogens is 192 g/mol. The minimum absolute atomic E-state index is 0.444. The summed E-state index contributed by atoms with van der Waals surface area (Å²) in [7, 11) is 0. The number of rotatable bonds is 1. The Hall–Kier alpha value is -0.110. The van der Waals surface area contributed by atoms with Crippen LogP contribution >= 0.6 is 35.0 Å². The van der Waals surface area contributed by atoms with Crippen LogP contribution in [0, 0.1) is 0 Å². The van der Waals surface area contributed by atoms with Crippen LogP contribution in [-0.2, 0) is 0 Å². The van der Waals surface area contributed by atoms with Crippen LogP contribution in [0.25, 0.3) is 0 Å². The first-order chi connectivity index (χ1) is 4.75. The Morgan fingerprint density at radius 1 is 1.20 bits per heavy atom. The molecule has 0 aliphatic heterocycles. The van der Waals surface area contributed by atoms with Crippen molar-refractivity contribution in [2.24, 2.45) is 0 Å². The maximum absolute atomic E-state index is 5.71. The lowest BCUT2D eigenvalue weighted by Gasteiger charge is -2.00. The van der Waals surface area contributed by atoms with Crippen LogP contribution < -0.4 is 4.84 Å². The molecule has 0 amide bonds. The zero-order valence-corrected chi connectivity index (χ0v) is 7.13. The number of hydrogen-bond donors (Lipinski definition) is 1. The molecule has 0 aromatic heterocycles. The van der Waals surface area contributed by atoms with Gasteiger partial charge in [0.25, 0.3) is 0 Å². The average Bonchev–Trinajstić information content (AvgIpc) is 1.95. The molecule has 0 unspecified atom stereocenters. The fourth-order valence-corrected chi connectivity index (χ4v) is 1.13. The second kappa shape index (κ2) is 3.33. The lowest BCUT2D eigenvalue weighted by Crippen LogP contribution is -1.80. The number of halogens is 3. The van der Waals surface area contributed by atoms with Gasteiger partial charge in [-0.1, -0.05) is 29.3 Å². The summed E-state index contributed by atoms with van der Waals surface area (Å²) in [5, 5.41) is 0.937. The Kier molecular flexibility index (Phi) is 2.66. The molecular formula is C6H4Cl3N. The predicted octanol–water partition coefficient (Wildman–Crippen LogP) is 3.56. The standard InChI is InChI=1S/C6H4Cl3N/c7-4-2-1-3-5(10-9)6(4)8/h1-3,10H. The van der Waals surface area contributed by atoms with Gasteiger partial charge in [-0.15, -0.1) is 0 Å². The minimum atomic E-state index is 0.444. The highest BCUT2D eigenvalue weighted by atomic mass is 35.5. The molecule has 1 aromatic rings. The first kappa shape index (κ1) is 7.99. The number of nitrogens with one attached hydrogen (secondary N) is 1. The fourth-order valence-electron chi connectivity index (χ4n) is 0.577. The molecule has 0 fully saturated rings. The van der Waals surface area contributed by atoms with E-state index in [-0.39, 0.29) is 0 Å². The molecule has 0 saturated carbocycles. The highest BCUT2D eigenvalue weighted by Gasteiger charge is 2.00. The van der Waals surface area contributed by atoms with E-state index in [9.17, 15) is 0 Å². The van der Waals surface area contributed by atoms with Gasteiger partial charge < -0.3 is 0 Å². The Morgan fingerprint density at radius 3 is 2.40 bits per heavy atom. The molecule has 0 heterocycles. The van der Waals surface area contributed by atoms with Crippen LogP contribution in [0.4, 0.5) is 5.69 Å². The maximum Gasteiger partial charge on any atom is 0.0835 e. The fraction of sp³-hybridized carbons (Fsp3) is 0. The van der Waals surface area contributed by atoms with Gasteiger partial charge in [-0.3, -0.25) is 4.84 Å². The molecule has 1 rings (SSSR count). The van der Waals surface area contributed by atoms with Crippen LogP contribution in [0.1, 0.15) is 0 Å². The van der Waals surface area contributed by atoms with E-state index in [4.69, 9.17) is 35.0 Å². The summed E-state index contributed by atoms with van der Waals surface area (Å²) in [4.78, 5) is 2.39. The lowest BCUT2D eigenvalue weighted by molar-refractivity contribution is 1.67. The second-order valence-corrected chi connectivity index (χ2v) is 2.67. The number of anilines is 1. The van der Waals surface area contributed by atoms with Crippen molar-refractivity contribution in [3.8, 4) is 0 Å². The van der Waals surface area contributed by atoms with E-state index in [1.54, 1.807) is 18.2 Å². The van der Waals surface area contributed by atoms with Crippen LogP contribution in [0.3, 0.4) is 0 Å². The lowest BCUT2D eigenvalue weighted by atomic mass is 10.3. The van der Waals surface area contributed by atoms with Crippen LogP contribution in [-0.4, -0.2) is 0 Å². The highest BCUT2D eigenvalue weighted by Crippen LogP contribution is 2.29. The third kappa shape index (κ3) is 1.48. The summed E-state index contributed by atoms with van der Waals surface area (Å²) in [6, 6.07) is 5.20. The molecule has 4 heteroatoms. The van der Waals surface area contributed by atoms with E-state index in [2.05, 4.69) is 4.84 Å². The molecule has 0 radical (unpaired) electrons. The normalized spacial score (nSPS) is 9.50. The van der Waals surface area contributed by atoms with E-state index >= 15 is 0 Å². The van der Waals surface area contributed by atoms with Crippen molar-refractivity contribution >= 4 is 40.7 Å². The summed E-state index contributed by atoms with van der Waals surface area (Å²) >= 11 is 16.7. The van der Waals surface area contributed by atoms with Crippen LogP contribution in [0.2, 0.25) is 10.0 Å². The van der Waals surface area contributed by atoms with Gasteiger partial charge in [-0.05, 0) is 12.1 Å². The number of hydrogen-bond acceptors (Lipinski definition) is 1. The van der Waals surface area contributed by atoms with Gasteiger partial charge in [0.1, 0.15) is 0 Å². The smallest absolute Gasteiger partial charge is 0.0835 e. The van der Waals surface area contributed by atoms with E-state index in [1.807, 2.05) is 0 Å². The molecule has 0 spiro atoms. The average molecular weight is 196 g/mol. The van der Waals surface area contributed by atoms with Crippen molar-refractivity contribution < 1.29 is 0 Å². The number of benzene rings is 1. The SMILES string of the molecule is ClNc1cccc(Cl)c1Cl. The topological polar surface area (TPSA) is 12.0 Å². The minimum Gasteiger partial charge on any atom is -0.297 e. The Bertz CT molecular complexity index is 236. The van der Waals surface area contributed by atoms with Gasteiger partial charge in [0, 0.05) is 11.8 Å². The van der Waals surface area contributed by atoms with Crippen molar-refractivity contribution in [3.63, 3.8) is 0 Å². The molecule has 0 atom stereocenters. The summed E-state index contributed by atoms with van der Waals surface area (Å²) in [6.45, 7) is 0. The third-order valence-electron chi connectivity index (χ3n) is 1.05. The van der Waals surface area contributed by atoms with Crippen molar-refractivity contribution in [1.82, 2.24) is 0 Å². The Morgan fingerprint density at radius 2 is 1.90 bits per heavy atom. The van der Waals surface area contributed by atoms with Crippen molar-refractivity contribution in [2.75, 3.05) is 4.84 Å². The predicted molar refractivity (Wildman–Crippen MR) is 45.9 cm³/mol. The third-order valence-corrected chi connectivity index (χ3v) is 2.08. The van der Waals surface area contributed by atoms with Gasteiger partial charge in [0.15, 0.2) is 0 Å². The molecule has 10 heavy (non-hydrogen) atoms. The molecule has 0 bridgehead atoms. The summed E-state index contributed by atoms with van der Waals surface area (Å²) in [5.41, 5.74) is 0.621. The monoisotopic (exact) mass is 195 g/mol. The quantitative estimate of drug-likeness (QED) is 0.677. The maximum atomic E-state index is 5.71. The van der Waals surface area contributed by atoms with Gasteiger partial charge in [0.05, 0.1) is 15.7 Å². The molecule has 54 valence electrons. The van der Waals surface area contributed by atoms with E-state index in [1.165, 1.54) is 0 Å². The summed E-state index contributed by atoms with van der Waals surface area (Å²) in [6.07, 6.45) is 0. The van der Waals surface area contributed by atoms with E-state index < -0.39 is 0 Å². The van der Waals surface area contributed by atoms with Crippen LogP contribution in [0.15, 0.2) is 18.2 Å². The first-order valence-electron chi connectivity index (χ1n) is 2.56. The zero-order chi connectivity index (χ0) is 7.56. The van der Waals surface area contributed by atoms with Crippen molar-refractivity contribution in [1.29, 1.82) is 0 Å². The Balaban J connectivity index is 3.14. The molecule has 0 aliphatic rings. The molecule has 1 N–H and O–H groups in total. The van der Waals surface area contributed by atoms with E-state index in [0.717, 1.165) is 0 Å². The molecule has 0 aliphatic carbocycles. The zero-order valence-electron chi connectivity index (χ0n) is 4.87. The largest absolute Gasteiger partial charge is 0.297 e. The van der Waals surface area contributed by atoms with Gasteiger partial charge in [-0.25, -0.2) is 0 Å². The highest BCUT2D eigenvalue weighted by molar-refractivity contribution is 6.44. The van der Waals surface area contributed by atoms with Crippen molar-refractivity contribution in [2.45, 2.75) is 0 Å².